The number of nitrogens with one attached hydrogen (secondary N) is 3. The van der Waals surface area contributed by atoms with Crippen LogP contribution in [0.1, 0.15) is 63.9 Å². The van der Waals surface area contributed by atoms with E-state index in [4.69, 9.17) is 9.47 Å². The number of hydrogen-bond donors (Lipinski definition) is 4. The van der Waals surface area contributed by atoms with Gasteiger partial charge in [0.15, 0.2) is 0 Å². The van der Waals surface area contributed by atoms with E-state index in [2.05, 4.69) is 16.0 Å². The molecule has 1 saturated heterocycles. The Bertz CT molecular complexity index is 1110. The van der Waals surface area contributed by atoms with E-state index in [1.54, 1.807) is 24.3 Å². The molecule has 1 aliphatic heterocycles. The largest absolute Gasteiger partial charge is 0.445 e. The van der Waals surface area contributed by atoms with Crippen LogP contribution in [0.3, 0.4) is 0 Å². The van der Waals surface area contributed by atoms with E-state index in [0.29, 0.717) is 13.0 Å². The van der Waals surface area contributed by atoms with Gasteiger partial charge in [-0.15, -0.1) is 0 Å². The summed E-state index contributed by atoms with van der Waals surface area (Å²) in [7, 11) is -4.98. The molecule has 4 atom stereocenters. The van der Waals surface area contributed by atoms with Gasteiger partial charge >= 0.3 is 22.2 Å². The Labute approximate surface area is 228 Å². The first kappa shape index (κ1) is 30.4. The lowest BCUT2D eigenvalue weighted by molar-refractivity contribution is -0.145. The van der Waals surface area contributed by atoms with E-state index in [-0.39, 0.29) is 31.3 Å². The van der Waals surface area contributed by atoms with Crippen molar-refractivity contribution >= 4 is 34.0 Å². The van der Waals surface area contributed by atoms with Crippen molar-refractivity contribution in [3.8, 4) is 0 Å². The number of esters is 1. The molecule has 1 aliphatic carbocycles. The van der Waals surface area contributed by atoms with Crippen LogP contribution < -0.4 is 16.0 Å². The minimum Gasteiger partial charge on any atom is -0.445 e. The maximum atomic E-state index is 13.5. The minimum absolute atomic E-state index is 0.0128. The summed E-state index contributed by atoms with van der Waals surface area (Å²) in [6.45, 7) is 1.32. The highest BCUT2D eigenvalue weighted by atomic mass is 32.2. The molecule has 2 aliphatic rings. The fourth-order valence-corrected chi connectivity index (χ4v) is 5.96. The standard InChI is InChI=1S/C26H37N3O9S/c1-17(30)38-25(39(34,35)36)22(15-20-12-13-27-23(20)31)28-24(32)21(14-18-8-4-2-5-9-18)29-26(33)37-16-19-10-6-3-7-11-19/h3,6-7,10-11,18,20-22,25H,2,4-5,8-9,12-16H2,1H3,(H,27,31)(H,28,32)(H,29,33)(H,34,35,36)/t20-,21-,22-,25?/m0/s1. The van der Waals surface area contributed by atoms with E-state index in [0.717, 1.165) is 44.6 Å². The smallest absolute Gasteiger partial charge is 0.408 e. The third-order valence-corrected chi connectivity index (χ3v) is 8.06. The lowest BCUT2D eigenvalue weighted by Crippen LogP contribution is -2.55. The average molecular weight is 568 g/mol. The third kappa shape index (κ3) is 9.81. The zero-order chi connectivity index (χ0) is 28.4. The van der Waals surface area contributed by atoms with Gasteiger partial charge in [0.2, 0.25) is 17.3 Å². The van der Waals surface area contributed by atoms with Gasteiger partial charge in [0.1, 0.15) is 12.6 Å². The van der Waals surface area contributed by atoms with E-state index in [1.807, 2.05) is 6.07 Å². The first-order chi connectivity index (χ1) is 18.5. The van der Waals surface area contributed by atoms with Crippen molar-refractivity contribution in [2.45, 2.75) is 82.4 Å². The number of alkyl carbamates (subject to hydrolysis) is 1. The average Bonchev–Trinajstić information content (AvgIpc) is 3.29. The molecule has 216 valence electrons. The summed E-state index contributed by atoms with van der Waals surface area (Å²) in [4.78, 5) is 50.0. The van der Waals surface area contributed by atoms with Gasteiger partial charge in [0.25, 0.3) is 0 Å². The first-order valence-electron chi connectivity index (χ1n) is 13.2. The van der Waals surface area contributed by atoms with Gasteiger partial charge in [-0.25, -0.2) is 4.79 Å². The quantitative estimate of drug-likeness (QED) is 0.217. The number of ether oxygens (including phenoxy) is 2. The second kappa shape index (κ2) is 14.3. The number of benzene rings is 1. The molecule has 13 heteroatoms. The molecule has 12 nitrogen and oxygen atoms in total. The van der Waals surface area contributed by atoms with Gasteiger partial charge in [-0.2, -0.15) is 8.42 Å². The number of carbonyl (C=O) groups is 4. The molecule has 0 radical (unpaired) electrons. The van der Waals surface area contributed by atoms with Crippen LogP contribution in [0.15, 0.2) is 30.3 Å². The van der Waals surface area contributed by atoms with E-state index >= 15 is 0 Å². The summed E-state index contributed by atoms with van der Waals surface area (Å²) >= 11 is 0. The van der Waals surface area contributed by atoms with Crippen molar-refractivity contribution in [3.63, 3.8) is 0 Å². The molecule has 0 spiro atoms. The van der Waals surface area contributed by atoms with E-state index < -0.39 is 51.5 Å². The van der Waals surface area contributed by atoms with Gasteiger partial charge in [0, 0.05) is 19.4 Å². The van der Waals surface area contributed by atoms with Crippen molar-refractivity contribution in [1.29, 1.82) is 0 Å². The number of carbonyl (C=O) groups excluding carboxylic acids is 4. The molecule has 0 aromatic heterocycles. The van der Waals surface area contributed by atoms with Crippen LogP contribution in [0.25, 0.3) is 0 Å². The van der Waals surface area contributed by atoms with Crippen molar-refractivity contribution < 1.29 is 41.6 Å². The Morgan fingerprint density at radius 3 is 2.33 bits per heavy atom. The van der Waals surface area contributed by atoms with Crippen LogP contribution in [0.4, 0.5) is 4.79 Å². The predicted molar refractivity (Wildman–Crippen MR) is 140 cm³/mol. The van der Waals surface area contributed by atoms with E-state index in [9.17, 15) is 32.1 Å². The second-order valence-corrected chi connectivity index (χ2v) is 11.6. The molecular weight excluding hydrogens is 530 g/mol. The number of amides is 3. The molecule has 3 amide bonds. The monoisotopic (exact) mass is 567 g/mol. The van der Waals surface area contributed by atoms with Crippen LogP contribution in [0, 0.1) is 11.8 Å². The van der Waals surface area contributed by atoms with Crippen LogP contribution in [-0.4, -0.2) is 60.9 Å². The Hall–Kier alpha value is -3.19. The van der Waals surface area contributed by atoms with Gasteiger partial charge in [-0.3, -0.25) is 18.9 Å². The second-order valence-electron chi connectivity index (χ2n) is 10.1. The molecule has 0 bridgehead atoms. The Morgan fingerprint density at radius 2 is 1.74 bits per heavy atom. The Balaban J connectivity index is 1.78. The molecule has 1 aromatic carbocycles. The summed E-state index contributed by atoms with van der Waals surface area (Å²) in [6.07, 6.45) is 4.45. The molecule has 4 N–H and O–H groups in total. The van der Waals surface area contributed by atoms with Gasteiger partial charge in [-0.1, -0.05) is 62.4 Å². The fourth-order valence-electron chi connectivity index (χ4n) is 5.11. The van der Waals surface area contributed by atoms with Crippen molar-refractivity contribution in [2.75, 3.05) is 6.54 Å². The molecule has 3 rings (SSSR count). The molecule has 1 saturated carbocycles. The van der Waals surface area contributed by atoms with E-state index in [1.165, 1.54) is 0 Å². The van der Waals surface area contributed by atoms with Crippen LogP contribution in [0.2, 0.25) is 0 Å². The third-order valence-electron chi connectivity index (χ3n) is 7.05. The van der Waals surface area contributed by atoms with Gasteiger partial charge in [0.05, 0.1) is 6.04 Å². The highest BCUT2D eigenvalue weighted by Gasteiger charge is 2.41. The number of hydrogen-bond acceptors (Lipinski definition) is 8. The molecule has 1 unspecified atom stereocenters. The Morgan fingerprint density at radius 1 is 1.05 bits per heavy atom. The molecule has 1 aromatic rings. The summed E-state index contributed by atoms with van der Waals surface area (Å²) < 4.78 is 44.3. The van der Waals surface area contributed by atoms with Crippen LogP contribution in [0.5, 0.6) is 0 Å². The summed E-state index contributed by atoms with van der Waals surface area (Å²) in [6, 6.07) is 6.47. The molecule has 1 heterocycles. The zero-order valence-electron chi connectivity index (χ0n) is 22.0. The zero-order valence-corrected chi connectivity index (χ0v) is 22.8. The number of rotatable bonds is 12. The minimum atomic E-state index is -4.98. The Kier molecular flexibility index (Phi) is 11.1. The maximum absolute atomic E-state index is 13.5. The van der Waals surface area contributed by atoms with Crippen LogP contribution >= 0.6 is 0 Å². The van der Waals surface area contributed by atoms with Crippen molar-refractivity contribution in [3.05, 3.63) is 35.9 Å². The summed E-state index contributed by atoms with van der Waals surface area (Å²) in [5.41, 5.74) is -1.37. The lowest BCUT2D eigenvalue weighted by Gasteiger charge is -2.30. The summed E-state index contributed by atoms with van der Waals surface area (Å²) in [5.74, 6) is -2.59. The fraction of sp³-hybridized carbons (Fsp3) is 0.615. The molecule has 39 heavy (non-hydrogen) atoms. The summed E-state index contributed by atoms with van der Waals surface area (Å²) in [5, 5.41) is 7.76. The van der Waals surface area contributed by atoms with Crippen LogP contribution in [-0.2, 0) is 40.6 Å². The maximum Gasteiger partial charge on any atom is 0.408 e. The molecule has 2 fully saturated rings. The van der Waals surface area contributed by atoms with Gasteiger partial charge < -0.3 is 25.4 Å². The highest BCUT2D eigenvalue weighted by molar-refractivity contribution is 7.86. The first-order valence-corrected chi connectivity index (χ1v) is 14.7. The normalized spacial score (nSPS) is 20.3. The van der Waals surface area contributed by atoms with Crippen molar-refractivity contribution in [2.24, 2.45) is 11.8 Å². The topological polar surface area (TPSA) is 177 Å². The molecular formula is C26H37N3O9S. The SMILES string of the molecule is CC(=O)OC([C@H](C[C@@H]1CCNC1=O)NC(=O)[C@H](CC1CCCCC1)NC(=O)OCc1ccccc1)S(=O)(=O)O. The highest BCUT2D eigenvalue weighted by Crippen LogP contribution is 2.28. The van der Waals surface area contributed by atoms with Gasteiger partial charge in [-0.05, 0) is 30.7 Å². The lowest BCUT2D eigenvalue weighted by atomic mass is 9.84. The van der Waals surface area contributed by atoms with Crippen molar-refractivity contribution in [1.82, 2.24) is 16.0 Å². The predicted octanol–water partition coefficient (Wildman–Crippen LogP) is 2.04.